The van der Waals surface area contributed by atoms with Gasteiger partial charge in [0.2, 0.25) is 5.91 Å². The molecule has 0 fully saturated rings. The van der Waals surface area contributed by atoms with E-state index in [9.17, 15) is 13.2 Å². The number of likely N-dealkylation sites (N-methyl/N-ethyl adjacent to an activating group) is 1. The van der Waals surface area contributed by atoms with Crippen molar-refractivity contribution in [3.05, 3.63) is 36.4 Å². The van der Waals surface area contributed by atoms with Crippen LogP contribution >= 0.6 is 11.3 Å². The third kappa shape index (κ3) is 6.26. The number of thiazole rings is 1. The quantitative estimate of drug-likeness (QED) is 0.325. The topological polar surface area (TPSA) is 98.3 Å². The van der Waals surface area contributed by atoms with Crippen LogP contribution in [0.15, 0.2) is 41.3 Å². The van der Waals surface area contributed by atoms with Crippen LogP contribution in [-0.2, 0) is 14.6 Å². The fourth-order valence-electron chi connectivity index (χ4n) is 3.76. The van der Waals surface area contributed by atoms with Crippen LogP contribution in [0.4, 0.5) is 5.13 Å². The van der Waals surface area contributed by atoms with Crippen molar-refractivity contribution in [1.29, 1.82) is 0 Å². The van der Waals surface area contributed by atoms with Crippen molar-refractivity contribution in [3.8, 4) is 17.2 Å². The molecule has 3 aromatic rings. The summed E-state index contributed by atoms with van der Waals surface area (Å²) >= 11 is 1.32. The molecule has 0 radical (unpaired) electrons. The number of methoxy groups -OCH3 is 3. The van der Waals surface area contributed by atoms with Gasteiger partial charge in [-0.3, -0.25) is 9.69 Å². The SMILES string of the molecule is CCN(CC)CCN(C(=O)CCS(=O)(=O)c1ccc(OC)cc1)c1nc2c(OC)ccc(OC)c2s1. The zero-order chi connectivity index (χ0) is 26.3. The number of aromatic nitrogens is 1. The lowest BCUT2D eigenvalue weighted by Gasteiger charge is -2.24. The second-order valence-electron chi connectivity index (χ2n) is 7.96. The number of hydrogen-bond acceptors (Lipinski definition) is 9. The lowest BCUT2D eigenvalue weighted by Crippen LogP contribution is -2.39. The summed E-state index contributed by atoms with van der Waals surface area (Å²) in [7, 11) is 1.00. The van der Waals surface area contributed by atoms with Gasteiger partial charge in [-0.15, -0.1) is 0 Å². The normalized spacial score (nSPS) is 11.6. The molecular weight excluding hydrogens is 502 g/mol. The molecule has 0 bridgehead atoms. The summed E-state index contributed by atoms with van der Waals surface area (Å²) in [4.78, 5) is 22.1. The van der Waals surface area contributed by atoms with Crippen LogP contribution in [0.3, 0.4) is 0 Å². The number of carbonyl (C=O) groups excluding carboxylic acids is 1. The Bertz CT molecular complexity index is 1230. The lowest BCUT2D eigenvalue weighted by atomic mass is 10.3. The summed E-state index contributed by atoms with van der Waals surface area (Å²) in [5.41, 5.74) is 0.600. The molecule has 3 rings (SSSR count). The van der Waals surface area contributed by atoms with E-state index in [2.05, 4.69) is 18.7 Å². The van der Waals surface area contributed by atoms with Gasteiger partial charge in [-0.2, -0.15) is 0 Å². The highest BCUT2D eigenvalue weighted by Gasteiger charge is 2.25. The van der Waals surface area contributed by atoms with Crippen LogP contribution in [0.25, 0.3) is 10.2 Å². The summed E-state index contributed by atoms with van der Waals surface area (Å²) < 4.78 is 42.6. The fourth-order valence-corrected chi connectivity index (χ4v) is 6.10. The highest BCUT2D eigenvalue weighted by atomic mass is 32.2. The molecule has 2 aromatic carbocycles. The molecule has 196 valence electrons. The van der Waals surface area contributed by atoms with Crippen LogP contribution in [-0.4, -0.2) is 77.5 Å². The zero-order valence-corrected chi connectivity index (χ0v) is 22.9. The predicted molar refractivity (Wildman–Crippen MR) is 143 cm³/mol. The molecular formula is C25H33N3O6S2. The first-order valence-corrected chi connectivity index (χ1v) is 14.2. The van der Waals surface area contributed by atoms with E-state index in [1.54, 1.807) is 43.4 Å². The number of rotatable bonds is 13. The number of amides is 1. The monoisotopic (exact) mass is 535 g/mol. The van der Waals surface area contributed by atoms with E-state index in [1.807, 2.05) is 0 Å². The Morgan fingerprint density at radius 1 is 0.917 bits per heavy atom. The van der Waals surface area contributed by atoms with E-state index >= 15 is 0 Å². The first kappa shape index (κ1) is 27.7. The van der Waals surface area contributed by atoms with Gasteiger partial charge in [-0.05, 0) is 49.5 Å². The predicted octanol–water partition coefficient (Wildman–Crippen LogP) is 3.86. The number of carbonyl (C=O) groups is 1. The maximum absolute atomic E-state index is 13.4. The second kappa shape index (κ2) is 12.4. The van der Waals surface area contributed by atoms with Crippen LogP contribution in [0.2, 0.25) is 0 Å². The van der Waals surface area contributed by atoms with E-state index in [-0.39, 0.29) is 23.0 Å². The van der Waals surface area contributed by atoms with Gasteiger partial charge < -0.3 is 19.1 Å². The maximum atomic E-state index is 13.4. The van der Waals surface area contributed by atoms with Crippen LogP contribution in [0.5, 0.6) is 17.2 Å². The molecule has 0 saturated carbocycles. The van der Waals surface area contributed by atoms with E-state index < -0.39 is 9.84 Å². The summed E-state index contributed by atoms with van der Waals surface area (Å²) in [5.74, 6) is 1.15. The van der Waals surface area contributed by atoms with Gasteiger partial charge in [-0.25, -0.2) is 13.4 Å². The average molecular weight is 536 g/mol. The van der Waals surface area contributed by atoms with Crippen molar-refractivity contribution < 1.29 is 27.4 Å². The minimum atomic E-state index is -3.65. The summed E-state index contributed by atoms with van der Waals surface area (Å²) in [6.45, 7) is 6.81. The van der Waals surface area contributed by atoms with Gasteiger partial charge in [0.1, 0.15) is 27.5 Å². The molecule has 1 heterocycles. The van der Waals surface area contributed by atoms with Crippen LogP contribution in [0, 0.1) is 0 Å². The van der Waals surface area contributed by atoms with E-state index in [0.29, 0.717) is 41.0 Å². The van der Waals surface area contributed by atoms with Gasteiger partial charge in [0.15, 0.2) is 15.0 Å². The van der Waals surface area contributed by atoms with Gasteiger partial charge >= 0.3 is 0 Å². The summed E-state index contributed by atoms with van der Waals surface area (Å²) in [6.07, 6.45) is -0.170. The molecule has 0 spiro atoms. The van der Waals surface area contributed by atoms with Crippen molar-refractivity contribution in [1.82, 2.24) is 9.88 Å². The van der Waals surface area contributed by atoms with E-state index in [1.165, 1.54) is 30.6 Å². The Labute approximate surface area is 216 Å². The molecule has 0 N–H and O–H groups in total. The molecule has 11 heteroatoms. The first-order chi connectivity index (χ1) is 17.3. The maximum Gasteiger partial charge on any atom is 0.229 e. The molecule has 36 heavy (non-hydrogen) atoms. The Hall–Kier alpha value is -2.89. The standard InChI is InChI=1S/C25H33N3O6S2/c1-6-27(7-2)15-16-28(25-26-23-20(33-4)12-13-21(34-5)24(23)35-25)22(29)14-17-36(30,31)19-10-8-18(32-3)9-11-19/h8-13H,6-7,14-17H2,1-5H3. The van der Waals surface area contributed by atoms with Crippen LogP contribution in [0.1, 0.15) is 20.3 Å². The average Bonchev–Trinajstić information content (AvgIpc) is 3.34. The summed E-state index contributed by atoms with van der Waals surface area (Å²) in [6, 6.07) is 9.73. The molecule has 0 atom stereocenters. The van der Waals surface area contributed by atoms with Crippen molar-refractivity contribution >= 4 is 42.4 Å². The number of hydrogen-bond donors (Lipinski definition) is 0. The fraction of sp³-hybridized carbons (Fsp3) is 0.440. The third-order valence-electron chi connectivity index (χ3n) is 5.97. The molecule has 9 nitrogen and oxygen atoms in total. The van der Waals surface area contributed by atoms with Gasteiger partial charge in [0.25, 0.3) is 0 Å². The first-order valence-electron chi connectivity index (χ1n) is 11.7. The highest BCUT2D eigenvalue weighted by molar-refractivity contribution is 7.91. The van der Waals surface area contributed by atoms with Crippen molar-refractivity contribution in [2.24, 2.45) is 0 Å². The molecule has 1 amide bonds. The molecule has 0 aliphatic heterocycles. The van der Waals surface area contributed by atoms with Crippen LogP contribution < -0.4 is 19.1 Å². The number of anilines is 1. The Kier molecular flexibility index (Phi) is 9.52. The molecule has 0 saturated heterocycles. The largest absolute Gasteiger partial charge is 0.497 e. The van der Waals surface area contributed by atoms with Crippen molar-refractivity contribution in [3.63, 3.8) is 0 Å². The number of sulfone groups is 1. The Morgan fingerprint density at radius 2 is 1.56 bits per heavy atom. The lowest BCUT2D eigenvalue weighted by molar-refractivity contribution is -0.118. The second-order valence-corrected chi connectivity index (χ2v) is 11.0. The number of ether oxygens (including phenoxy) is 3. The van der Waals surface area contributed by atoms with Gasteiger partial charge in [0, 0.05) is 19.5 Å². The number of benzene rings is 2. The van der Waals surface area contributed by atoms with Crippen molar-refractivity contribution in [2.75, 3.05) is 58.2 Å². The van der Waals surface area contributed by atoms with E-state index in [4.69, 9.17) is 19.2 Å². The molecule has 0 aliphatic carbocycles. The van der Waals surface area contributed by atoms with E-state index in [0.717, 1.165) is 17.8 Å². The highest BCUT2D eigenvalue weighted by Crippen LogP contribution is 2.40. The molecule has 0 aliphatic rings. The zero-order valence-electron chi connectivity index (χ0n) is 21.3. The minimum absolute atomic E-state index is 0.153. The smallest absolute Gasteiger partial charge is 0.229 e. The Morgan fingerprint density at radius 3 is 2.14 bits per heavy atom. The van der Waals surface area contributed by atoms with Gasteiger partial charge in [0.05, 0.1) is 32.0 Å². The number of nitrogens with zero attached hydrogens (tertiary/aromatic N) is 3. The van der Waals surface area contributed by atoms with Crippen molar-refractivity contribution in [2.45, 2.75) is 25.2 Å². The number of fused-ring (bicyclic) bond motifs is 1. The third-order valence-corrected chi connectivity index (χ3v) is 8.79. The minimum Gasteiger partial charge on any atom is -0.497 e. The Balaban J connectivity index is 1.89. The molecule has 1 aromatic heterocycles. The van der Waals surface area contributed by atoms with Gasteiger partial charge in [-0.1, -0.05) is 25.2 Å². The summed E-state index contributed by atoms with van der Waals surface area (Å²) in [5, 5.41) is 0.479. The molecule has 0 unspecified atom stereocenters.